The molecule has 2 aromatic carbocycles. The minimum atomic E-state index is -3.55. The van der Waals surface area contributed by atoms with E-state index in [4.69, 9.17) is 9.47 Å². The van der Waals surface area contributed by atoms with Crippen molar-refractivity contribution in [1.82, 2.24) is 9.44 Å². The Balaban J connectivity index is 1.88. The zero-order chi connectivity index (χ0) is 26.6. The summed E-state index contributed by atoms with van der Waals surface area (Å²) >= 11 is 0. The molecule has 12 heteroatoms. The quantitative estimate of drug-likeness (QED) is 0.267. The summed E-state index contributed by atoms with van der Waals surface area (Å²) in [6, 6.07) is 16.8. The van der Waals surface area contributed by atoms with Crippen LogP contribution in [0.15, 0.2) is 72.8 Å². The third kappa shape index (κ3) is 13.1. The Morgan fingerprint density at radius 2 is 1.03 bits per heavy atom. The minimum Gasteiger partial charge on any atom is -0.461 e. The maximum Gasteiger partial charge on any atom is 0.331 e. The van der Waals surface area contributed by atoms with Gasteiger partial charge in [0.2, 0.25) is 20.0 Å². The van der Waals surface area contributed by atoms with E-state index in [1.165, 1.54) is 0 Å². The van der Waals surface area contributed by atoms with Crippen LogP contribution in [0.25, 0.3) is 0 Å². The van der Waals surface area contributed by atoms with Gasteiger partial charge >= 0.3 is 11.9 Å². The monoisotopic (exact) mass is 538 g/mol. The predicted molar refractivity (Wildman–Crippen MR) is 135 cm³/mol. The zero-order valence-electron chi connectivity index (χ0n) is 20.0. The first-order valence-electron chi connectivity index (χ1n) is 10.9. The van der Waals surface area contributed by atoms with Crippen LogP contribution in [-0.4, -0.2) is 66.6 Å². The highest BCUT2D eigenvalue weighted by Crippen LogP contribution is 2.06. The fraction of sp³-hybridized carbons (Fsp3) is 0.333. The molecule has 0 saturated heterocycles. The number of hydrogen-bond donors (Lipinski definition) is 2. The highest BCUT2D eigenvalue weighted by Gasteiger charge is 2.18. The standard InChI is InChI=1S/C24H30N2O8S2/c1-35(29,30)25-21(15-19-9-5-3-6-10-19)17-33-23(27)13-14-24(28)34-18-22(26-36(2,31)32)16-20-11-7-4-8-12-20/h3-14,21-22,25-26H,15-18H2,1-2H3/b14-13+/t21-,22-/m1/s1. The molecule has 10 nitrogen and oxygen atoms in total. The van der Waals surface area contributed by atoms with Gasteiger partial charge in [-0.1, -0.05) is 60.7 Å². The molecule has 0 fully saturated rings. The largest absolute Gasteiger partial charge is 0.461 e. The maximum absolute atomic E-state index is 12.1. The Kier molecular flexibility index (Phi) is 11.2. The second-order valence-electron chi connectivity index (χ2n) is 8.15. The van der Waals surface area contributed by atoms with Crippen molar-refractivity contribution < 1.29 is 35.9 Å². The van der Waals surface area contributed by atoms with Crippen molar-refractivity contribution in [3.05, 3.63) is 83.9 Å². The van der Waals surface area contributed by atoms with E-state index in [0.717, 1.165) is 35.8 Å². The molecule has 2 atom stereocenters. The molecule has 2 N–H and O–H groups in total. The number of rotatable bonds is 14. The lowest BCUT2D eigenvalue weighted by Gasteiger charge is -2.17. The van der Waals surface area contributed by atoms with Gasteiger partial charge in [-0.2, -0.15) is 0 Å². The second kappa shape index (κ2) is 13.9. The Hall–Kier alpha value is -3.06. The summed E-state index contributed by atoms with van der Waals surface area (Å²) in [5, 5.41) is 0. The number of esters is 2. The molecule has 0 unspecified atom stereocenters. The van der Waals surface area contributed by atoms with Crippen LogP contribution in [0, 0.1) is 0 Å². The number of carbonyl (C=O) groups excluding carboxylic acids is 2. The fourth-order valence-corrected chi connectivity index (χ4v) is 4.78. The number of benzene rings is 2. The Labute approximate surface area is 211 Å². The average molecular weight is 539 g/mol. The molecule has 0 aliphatic carbocycles. The molecule has 0 radical (unpaired) electrons. The fourth-order valence-electron chi connectivity index (χ4n) is 3.27. The zero-order valence-corrected chi connectivity index (χ0v) is 21.6. The topological polar surface area (TPSA) is 145 Å². The molecule has 0 aliphatic rings. The Bertz CT molecular complexity index is 1130. The van der Waals surface area contributed by atoms with Gasteiger partial charge in [0.05, 0.1) is 24.6 Å². The SMILES string of the molecule is CS(=O)(=O)N[C@@H](COC(=O)/C=C/C(=O)OC[C@@H](Cc1ccccc1)NS(C)(=O)=O)Cc1ccccc1. The Morgan fingerprint density at radius 1 is 0.694 bits per heavy atom. The van der Waals surface area contributed by atoms with Gasteiger partial charge in [-0.25, -0.2) is 35.9 Å². The van der Waals surface area contributed by atoms with Gasteiger partial charge in [-0.05, 0) is 24.0 Å². The number of hydrogen-bond acceptors (Lipinski definition) is 8. The first kappa shape index (κ1) is 29.2. The van der Waals surface area contributed by atoms with Gasteiger partial charge in [0.1, 0.15) is 13.2 Å². The van der Waals surface area contributed by atoms with Crippen molar-refractivity contribution in [3.63, 3.8) is 0 Å². The summed E-state index contributed by atoms with van der Waals surface area (Å²) in [7, 11) is -7.10. The molecule has 0 saturated carbocycles. The van der Waals surface area contributed by atoms with Crippen molar-refractivity contribution in [2.24, 2.45) is 0 Å². The summed E-state index contributed by atoms with van der Waals surface area (Å²) in [5.74, 6) is -1.73. The normalized spacial score (nSPS) is 13.7. The van der Waals surface area contributed by atoms with Crippen LogP contribution in [0.2, 0.25) is 0 Å². The second-order valence-corrected chi connectivity index (χ2v) is 11.7. The van der Waals surface area contributed by atoms with Gasteiger partial charge in [0.15, 0.2) is 0 Å². The van der Waals surface area contributed by atoms with E-state index in [1.807, 2.05) is 60.7 Å². The van der Waals surface area contributed by atoms with Gasteiger partial charge in [-0.15, -0.1) is 0 Å². The molecular formula is C24H30N2O8S2. The molecule has 0 bridgehead atoms. The van der Waals surface area contributed by atoms with Crippen LogP contribution in [0.3, 0.4) is 0 Å². The lowest BCUT2D eigenvalue weighted by Crippen LogP contribution is -2.39. The molecule has 0 heterocycles. The van der Waals surface area contributed by atoms with Gasteiger partial charge in [0.25, 0.3) is 0 Å². The highest BCUT2D eigenvalue weighted by molar-refractivity contribution is 7.89. The third-order valence-electron chi connectivity index (χ3n) is 4.62. The molecule has 2 aromatic rings. The summed E-state index contributed by atoms with van der Waals surface area (Å²) < 4.78 is 61.6. The molecule has 0 amide bonds. The first-order valence-corrected chi connectivity index (χ1v) is 14.7. The smallest absolute Gasteiger partial charge is 0.331 e. The van der Waals surface area contributed by atoms with Crippen molar-refractivity contribution in [3.8, 4) is 0 Å². The van der Waals surface area contributed by atoms with Crippen LogP contribution in [-0.2, 0) is 52.0 Å². The number of carbonyl (C=O) groups is 2. The highest BCUT2D eigenvalue weighted by atomic mass is 32.2. The van der Waals surface area contributed by atoms with Gasteiger partial charge < -0.3 is 9.47 Å². The van der Waals surface area contributed by atoms with Crippen LogP contribution >= 0.6 is 0 Å². The predicted octanol–water partition coefficient (Wildman–Crippen LogP) is 0.950. The van der Waals surface area contributed by atoms with Gasteiger partial charge in [-0.3, -0.25) is 0 Å². The van der Waals surface area contributed by atoms with Gasteiger partial charge in [0, 0.05) is 12.2 Å². The maximum atomic E-state index is 12.1. The minimum absolute atomic E-state index is 0.252. The van der Waals surface area contributed by atoms with Crippen molar-refractivity contribution in [2.75, 3.05) is 25.7 Å². The van der Waals surface area contributed by atoms with E-state index >= 15 is 0 Å². The van der Waals surface area contributed by atoms with Crippen molar-refractivity contribution in [2.45, 2.75) is 24.9 Å². The van der Waals surface area contributed by atoms with E-state index in [-0.39, 0.29) is 13.2 Å². The summed E-state index contributed by atoms with van der Waals surface area (Å²) in [5.41, 5.74) is 1.70. The van der Waals surface area contributed by atoms with E-state index in [1.54, 1.807) is 0 Å². The lowest BCUT2D eigenvalue weighted by atomic mass is 10.1. The van der Waals surface area contributed by atoms with Crippen LogP contribution in [0.5, 0.6) is 0 Å². The first-order chi connectivity index (χ1) is 16.9. The third-order valence-corrected chi connectivity index (χ3v) is 6.14. The molecule has 2 rings (SSSR count). The van der Waals surface area contributed by atoms with Crippen LogP contribution in [0.1, 0.15) is 11.1 Å². The van der Waals surface area contributed by atoms with Crippen molar-refractivity contribution >= 4 is 32.0 Å². The van der Waals surface area contributed by atoms with Crippen molar-refractivity contribution in [1.29, 1.82) is 0 Å². The Morgan fingerprint density at radius 3 is 1.33 bits per heavy atom. The lowest BCUT2D eigenvalue weighted by molar-refractivity contribution is -0.141. The summed E-state index contributed by atoms with van der Waals surface area (Å²) in [6.45, 7) is -0.505. The number of ether oxygens (including phenoxy) is 2. The molecule has 0 spiro atoms. The van der Waals surface area contributed by atoms with E-state index in [2.05, 4.69) is 9.44 Å². The van der Waals surface area contributed by atoms with E-state index in [0.29, 0.717) is 12.8 Å². The number of nitrogens with one attached hydrogen (secondary N) is 2. The molecular weight excluding hydrogens is 508 g/mol. The number of sulfonamides is 2. The molecule has 0 aromatic heterocycles. The van der Waals surface area contributed by atoms with Crippen LogP contribution < -0.4 is 9.44 Å². The molecule has 36 heavy (non-hydrogen) atoms. The van der Waals surface area contributed by atoms with E-state index in [9.17, 15) is 26.4 Å². The van der Waals surface area contributed by atoms with E-state index < -0.39 is 44.1 Å². The van der Waals surface area contributed by atoms with Crippen LogP contribution in [0.4, 0.5) is 0 Å². The molecule has 196 valence electrons. The summed E-state index contributed by atoms with van der Waals surface area (Å²) in [4.78, 5) is 24.1. The average Bonchev–Trinajstić information content (AvgIpc) is 2.79. The summed E-state index contributed by atoms with van der Waals surface area (Å²) in [6.07, 6.45) is 4.32. The molecule has 0 aliphatic heterocycles.